The monoisotopic (exact) mass is 389 g/mol. The second-order valence-corrected chi connectivity index (χ2v) is 6.50. The number of aromatic nitrogens is 3. The standard InChI is InChI=1S/C17H19N5O4S/c1-3-11-13(15(23)25-4-2)12(20-16(24)19-11)9-27-17-22-21-14(26-17)10-6-5-7-18-8-10/h5-8,11H,3-4,9H2,1-2H3,(H2,19,20,24)/t11-/m1/s1. The van der Waals surface area contributed by atoms with Crippen LogP contribution in [0.5, 0.6) is 0 Å². The topological polar surface area (TPSA) is 119 Å². The number of hydrogen-bond acceptors (Lipinski definition) is 8. The zero-order chi connectivity index (χ0) is 19.2. The molecule has 0 fully saturated rings. The van der Waals surface area contributed by atoms with Gasteiger partial charge in [0, 0.05) is 23.8 Å². The molecule has 0 aliphatic carbocycles. The molecule has 27 heavy (non-hydrogen) atoms. The van der Waals surface area contributed by atoms with Crippen molar-refractivity contribution in [2.45, 2.75) is 31.5 Å². The van der Waals surface area contributed by atoms with E-state index in [1.54, 1.807) is 25.4 Å². The Balaban J connectivity index is 1.78. The van der Waals surface area contributed by atoms with Crippen LogP contribution in [0.3, 0.4) is 0 Å². The first kappa shape index (κ1) is 18.9. The van der Waals surface area contributed by atoms with Crippen molar-refractivity contribution in [1.82, 2.24) is 25.8 Å². The minimum absolute atomic E-state index is 0.255. The van der Waals surface area contributed by atoms with Crippen LogP contribution in [0.1, 0.15) is 20.3 Å². The molecule has 3 rings (SSSR count). The molecule has 0 saturated carbocycles. The van der Waals surface area contributed by atoms with Crippen molar-refractivity contribution in [3.05, 3.63) is 35.8 Å². The van der Waals surface area contributed by atoms with E-state index in [0.717, 1.165) is 0 Å². The molecule has 9 nitrogen and oxygen atoms in total. The number of urea groups is 1. The number of nitrogens with zero attached hydrogens (tertiary/aromatic N) is 3. The largest absolute Gasteiger partial charge is 0.463 e. The molecule has 2 aromatic heterocycles. The van der Waals surface area contributed by atoms with Gasteiger partial charge in [-0.2, -0.15) is 0 Å². The molecular weight excluding hydrogens is 370 g/mol. The molecule has 3 heterocycles. The number of carbonyl (C=O) groups is 2. The van der Waals surface area contributed by atoms with Gasteiger partial charge in [-0.3, -0.25) is 4.98 Å². The zero-order valence-electron chi connectivity index (χ0n) is 14.9. The Kier molecular flexibility index (Phi) is 6.07. The summed E-state index contributed by atoms with van der Waals surface area (Å²) in [6.45, 7) is 3.88. The summed E-state index contributed by atoms with van der Waals surface area (Å²) in [6.07, 6.45) is 3.85. The fraction of sp³-hybridized carbons (Fsp3) is 0.353. The third kappa shape index (κ3) is 4.45. The quantitative estimate of drug-likeness (QED) is 0.546. The Morgan fingerprint density at radius 2 is 2.22 bits per heavy atom. The van der Waals surface area contributed by atoms with E-state index in [-0.39, 0.29) is 18.4 Å². The summed E-state index contributed by atoms with van der Waals surface area (Å²) >= 11 is 1.23. The molecule has 0 aromatic carbocycles. The number of esters is 1. The molecule has 10 heteroatoms. The van der Waals surface area contributed by atoms with Gasteiger partial charge in [0.1, 0.15) is 0 Å². The van der Waals surface area contributed by atoms with Gasteiger partial charge in [-0.25, -0.2) is 9.59 Å². The summed E-state index contributed by atoms with van der Waals surface area (Å²) in [5.41, 5.74) is 1.61. The Bertz CT molecular complexity index is 852. The lowest BCUT2D eigenvalue weighted by Gasteiger charge is -2.28. The van der Waals surface area contributed by atoms with E-state index in [0.29, 0.717) is 34.4 Å². The highest BCUT2D eigenvalue weighted by molar-refractivity contribution is 7.99. The van der Waals surface area contributed by atoms with Crippen LogP contribution in [0.25, 0.3) is 11.5 Å². The molecule has 2 aromatic rings. The second-order valence-electron chi connectivity index (χ2n) is 5.58. The molecule has 142 valence electrons. The van der Waals surface area contributed by atoms with E-state index >= 15 is 0 Å². The number of hydrogen-bond donors (Lipinski definition) is 2. The first-order chi connectivity index (χ1) is 13.1. The lowest BCUT2D eigenvalue weighted by atomic mass is 10.0. The van der Waals surface area contributed by atoms with Crippen LogP contribution in [0, 0.1) is 0 Å². The maximum absolute atomic E-state index is 12.3. The summed E-state index contributed by atoms with van der Waals surface area (Å²) in [7, 11) is 0. The molecule has 0 saturated heterocycles. The number of thioether (sulfide) groups is 1. The van der Waals surface area contributed by atoms with Crippen LogP contribution in [0.2, 0.25) is 0 Å². The Morgan fingerprint density at radius 1 is 1.37 bits per heavy atom. The van der Waals surface area contributed by atoms with E-state index in [9.17, 15) is 9.59 Å². The smallest absolute Gasteiger partial charge is 0.337 e. The first-order valence-corrected chi connectivity index (χ1v) is 9.45. The van der Waals surface area contributed by atoms with Crippen molar-refractivity contribution in [3.63, 3.8) is 0 Å². The zero-order valence-corrected chi connectivity index (χ0v) is 15.7. The van der Waals surface area contributed by atoms with Crippen molar-refractivity contribution in [3.8, 4) is 11.5 Å². The Morgan fingerprint density at radius 3 is 2.93 bits per heavy atom. The summed E-state index contributed by atoms with van der Waals surface area (Å²) in [5, 5.41) is 13.7. The van der Waals surface area contributed by atoms with Crippen molar-refractivity contribution < 1.29 is 18.7 Å². The number of ether oxygens (including phenoxy) is 1. The molecule has 1 aliphatic heterocycles. The number of rotatable bonds is 7. The number of amides is 2. The van der Waals surface area contributed by atoms with E-state index < -0.39 is 12.0 Å². The molecule has 0 radical (unpaired) electrons. The summed E-state index contributed by atoms with van der Waals surface area (Å²) in [6, 6.07) is 2.84. The average Bonchev–Trinajstić information content (AvgIpc) is 3.15. The van der Waals surface area contributed by atoms with E-state index in [4.69, 9.17) is 9.15 Å². The molecule has 1 aliphatic rings. The molecular formula is C17H19N5O4S. The Labute approximate surface area is 160 Å². The predicted molar refractivity (Wildman–Crippen MR) is 97.7 cm³/mol. The summed E-state index contributed by atoms with van der Waals surface area (Å²) in [5.74, 6) is 0.187. The van der Waals surface area contributed by atoms with Gasteiger partial charge in [-0.1, -0.05) is 18.7 Å². The third-order valence-corrected chi connectivity index (χ3v) is 4.65. The van der Waals surface area contributed by atoms with Gasteiger partial charge >= 0.3 is 12.0 Å². The minimum Gasteiger partial charge on any atom is -0.463 e. The van der Waals surface area contributed by atoms with Gasteiger partial charge in [0.05, 0.1) is 23.8 Å². The van der Waals surface area contributed by atoms with E-state index in [1.165, 1.54) is 11.8 Å². The SMILES string of the molecule is CCOC(=O)C1=C(CSc2nnc(-c3cccnc3)o2)NC(=O)N[C@@H]1CC. The number of carbonyl (C=O) groups excluding carboxylic acids is 2. The molecule has 2 N–H and O–H groups in total. The van der Waals surface area contributed by atoms with Gasteiger partial charge in [0.2, 0.25) is 5.89 Å². The molecule has 1 atom stereocenters. The molecule has 0 unspecified atom stereocenters. The lowest BCUT2D eigenvalue weighted by Crippen LogP contribution is -2.50. The fourth-order valence-corrected chi connectivity index (χ4v) is 3.32. The van der Waals surface area contributed by atoms with E-state index in [2.05, 4.69) is 25.8 Å². The second kappa shape index (κ2) is 8.67. The van der Waals surface area contributed by atoms with Crippen LogP contribution < -0.4 is 10.6 Å². The van der Waals surface area contributed by atoms with Gasteiger partial charge in [-0.05, 0) is 25.5 Å². The van der Waals surface area contributed by atoms with Gasteiger partial charge in [0.15, 0.2) is 0 Å². The maximum Gasteiger partial charge on any atom is 0.337 e. The minimum atomic E-state index is -0.450. The molecule has 2 amide bonds. The molecule has 0 spiro atoms. The number of nitrogens with one attached hydrogen (secondary N) is 2. The van der Waals surface area contributed by atoms with Crippen molar-refractivity contribution >= 4 is 23.8 Å². The van der Waals surface area contributed by atoms with Crippen LogP contribution in [0.4, 0.5) is 4.79 Å². The highest BCUT2D eigenvalue weighted by atomic mass is 32.2. The third-order valence-electron chi connectivity index (χ3n) is 3.80. The Hall–Kier alpha value is -2.88. The van der Waals surface area contributed by atoms with Gasteiger partial charge in [0.25, 0.3) is 5.22 Å². The average molecular weight is 389 g/mol. The first-order valence-electron chi connectivity index (χ1n) is 8.46. The number of pyridine rings is 1. The van der Waals surface area contributed by atoms with Gasteiger partial charge < -0.3 is 19.8 Å². The summed E-state index contributed by atoms with van der Waals surface area (Å²) < 4.78 is 10.8. The normalized spacial score (nSPS) is 16.7. The highest BCUT2D eigenvalue weighted by Gasteiger charge is 2.31. The highest BCUT2D eigenvalue weighted by Crippen LogP contribution is 2.26. The van der Waals surface area contributed by atoms with Gasteiger partial charge in [-0.15, -0.1) is 10.2 Å². The van der Waals surface area contributed by atoms with Crippen LogP contribution in [-0.4, -0.2) is 45.6 Å². The van der Waals surface area contributed by atoms with Crippen LogP contribution >= 0.6 is 11.8 Å². The van der Waals surface area contributed by atoms with E-state index in [1.807, 2.05) is 13.0 Å². The lowest BCUT2D eigenvalue weighted by molar-refractivity contribution is -0.139. The summed E-state index contributed by atoms with van der Waals surface area (Å²) in [4.78, 5) is 28.3. The van der Waals surface area contributed by atoms with Crippen LogP contribution in [0.15, 0.2) is 45.4 Å². The van der Waals surface area contributed by atoms with Crippen molar-refractivity contribution in [2.24, 2.45) is 0 Å². The molecule has 0 bridgehead atoms. The van der Waals surface area contributed by atoms with Crippen LogP contribution in [-0.2, 0) is 9.53 Å². The van der Waals surface area contributed by atoms with Crippen molar-refractivity contribution in [1.29, 1.82) is 0 Å². The maximum atomic E-state index is 12.3. The fourth-order valence-electron chi connectivity index (χ4n) is 2.58. The van der Waals surface area contributed by atoms with Crippen molar-refractivity contribution in [2.75, 3.05) is 12.4 Å². The predicted octanol–water partition coefficient (Wildman–Crippen LogP) is 2.13.